The fourth-order valence-electron chi connectivity index (χ4n) is 2.56. The maximum absolute atomic E-state index is 5.89. The van der Waals surface area contributed by atoms with Crippen LogP contribution in [0.1, 0.15) is 30.1 Å². The lowest BCUT2D eigenvalue weighted by molar-refractivity contribution is 0.200. The number of halogens is 1. The molecule has 19 heavy (non-hydrogen) atoms. The second kappa shape index (κ2) is 5.72. The minimum absolute atomic E-state index is 0.445. The molecular weight excluding hydrogens is 262 g/mol. The van der Waals surface area contributed by atoms with Crippen LogP contribution < -0.4 is 0 Å². The van der Waals surface area contributed by atoms with Crippen molar-refractivity contribution in [1.29, 1.82) is 0 Å². The maximum Gasteiger partial charge on any atom is 0.213 e. The molecule has 1 saturated heterocycles. The van der Waals surface area contributed by atoms with Crippen molar-refractivity contribution >= 4 is 11.6 Å². The second-order valence-corrected chi connectivity index (χ2v) is 5.40. The first kappa shape index (κ1) is 12.6. The Morgan fingerprint density at radius 2 is 1.95 bits per heavy atom. The Hall–Kier alpha value is -1.39. The van der Waals surface area contributed by atoms with Gasteiger partial charge in [0.2, 0.25) is 6.39 Å². The zero-order valence-electron chi connectivity index (χ0n) is 10.6. The van der Waals surface area contributed by atoms with Gasteiger partial charge in [-0.1, -0.05) is 28.9 Å². The highest BCUT2D eigenvalue weighted by Crippen LogP contribution is 2.26. The summed E-state index contributed by atoms with van der Waals surface area (Å²) in [6.07, 6.45) is 3.59. The minimum Gasteiger partial charge on any atom is -0.343 e. The molecule has 1 aromatic carbocycles. The third-order valence-corrected chi connectivity index (χ3v) is 3.90. The first-order chi connectivity index (χ1) is 9.31. The molecule has 0 N–H and O–H groups in total. The van der Waals surface area contributed by atoms with E-state index in [-0.39, 0.29) is 0 Å². The van der Waals surface area contributed by atoms with Crippen LogP contribution in [0.3, 0.4) is 0 Å². The molecule has 0 amide bonds. The van der Waals surface area contributed by atoms with Gasteiger partial charge < -0.3 is 4.52 Å². The molecule has 0 radical (unpaired) electrons. The van der Waals surface area contributed by atoms with Crippen LogP contribution in [0.4, 0.5) is 0 Å². The summed E-state index contributed by atoms with van der Waals surface area (Å²) in [7, 11) is 0. The fraction of sp³-hybridized carbons (Fsp3) is 0.429. The predicted molar refractivity (Wildman–Crippen MR) is 73.0 cm³/mol. The van der Waals surface area contributed by atoms with Crippen LogP contribution in [-0.4, -0.2) is 28.1 Å². The number of hydrogen-bond donors (Lipinski definition) is 0. The van der Waals surface area contributed by atoms with Crippen LogP contribution >= 0.6 is 11.6 Å². The predicted octanol–water partition coefficient (Wildman–Crippen LogP) is 3.10. The van der Waals surface area contributed by atoms with Crippen LogP contribution in [0.2, 0.25) is 5.02 Å². The van der Waals surface area contributed by atoms with Crippen molar-refractivity contribution in [2.24, 2.45) is 0 Å². The lowest BCUT2D eigenvalue weighted by atomic mass is 9.96. The SMILES string of the molecule is Clc1ccc(CN2CCC(c3ncon3)CC2)cc1. The Bertz CT molecular complexity index is 504. The molecule has 1 aliphatic rings. The Kier molecular flexibility index (Phi) is 3.80. The van der Waals surface area contributed by atoms with Crippen LogP contribution in [0, 0.1) is 0 Å². The number of nitrogens with zero attached hydrogens (tertiary/aromatic N) is 3. The van der Waals surface area contributed by atoms with Gasteiger partial charge in [0.15, 0.2) is 5.82 Å². The largest absolute Gasteiger partial charge is 0.343 e. The van der Waals surface area contributed by atoms with Crippen LogP contribution in [0.25, 0.3) is 0 Å². The van der Waals surface area contributed by atoms with E-state index in [0.717, 1.165) is 43.3 Å². The van der Waals surface area contributed by atoms with Crippen LogP contribution in [0.5, 0.6) is 0 Å². The molecule has 0 spiro atoms. The van der Waals surface area contributed by atoms with Gasteiger partial charge in [-0.25, -0.2) is 0 Å². The van der Waals surface area contributed by atoms with E-state index in [2.05, 4.69) is 27.2 Å². The van der Waals surface area contributed by atoms with E-state index in [1.165, 1.54) is 12.0 Å². The van der Waals surface area contributed by atoms with Crippen molar-refractivity contribution in [3.63, 3.8) is 0 Å². The first-order valence-corrected chi connectivity index (χ1v) is 6.92. The average Bonchev–Trinajstić information content (AvgIpc) is 2.96. The third-order valence-electron chi connectivity index (χ3n) is 3.65. The minimum atomic E-state index is 0.445. The van der Waals surface area contributed by atoms with Gasteiger partial charge in [0.05, 0.1) is 0 Å². The molecule has 0 saturated carbocycles. The number of aromatic nitrogens is 2. The zero-order valence-corrected chi connectivity index (χ0v) is 11.4. The topological polar surface area (TPSA) is 42.2 Å². The highest BCUT2D eigenvalue weighted by Gasteiger charge is 2.23. The Morgan fingerprint density at radius 1 is 1.21 bits per heavy atom. The van der Waals surface area contributed by atoms with E-state index in [4.69, 9.17) is 16.1 Å². The van der Waals surface area contributed by atoms with Gasteiger partial charge in [-0.2, -0.15) is 4.98 Å². The molecular formula is C14H16ClN3O. The molecule has 1 fully saturated rings. The number of likely N-dealkylation sites (tertiary alicyclic amines) is 1. The summed E-state index contributed by atoms with van der Waals surface area (Å²) in [4.78, 5) is 6.61. The lowest BCUT2D eigenvalue weighted by Gasteiger charge is -2.30. The van der Waals surface area contributed by atoms with E-state index < -0.39 is 0 Å². The number of piperidine rings is 1. The molecule has 2 heterocycles. The molecule has 3 rings (SSSR count). The molecule has 0 bridgehead atoms. The van der Waals surface area contributed by atoms with Crippen LogP contribution in [0.15, 0.2) is 35.2 Å². The molecule has 1 aliphatic heterocycles. The normalized spacial score (nSPS) is 17.7. The van der Waals surface area contributed by atoms with Crippen molar-refractivity contribution in [2.45, 2.75) is 25.3 Å². The molecule has 5 heteroatoms. The molecule has 1 aromatic heterocycles. The van der Waals surface area contributed by atoms with Crippen molar-refractivity contribution in [2.75, 3.05) is 13.1 Å². The van der Waals surface area contributed by atoms with Crippen molar-refractivity contribution in [1.82, 2.24) is 15.0 Å². The summed E-state index contributed by atoms with van der Waals surface area (Å²) >= 11 is 5.89. The zero-order chi connectivity index (χ0) is 13.1. The number of hydrogen-bond acceptors (Lipinski definition) is 4. The highest BCUT2D eigenvalue weighted by atomic mass is 35.5. The molecule has 100 valence electrons. The summed E-state index contributed by atoms with van der Waals surface area (Å²) < 4.78 is 4.81. The van der Waals surface area contributed by atoms with Crippen molar-refractivity contribution in [3.05, 3.63) is 47.1 Å². The average molecular weight is 278 g/mol. The van der Waals surface area contributed by atoms with E-state index in [1.807, 2.05) is 12.1 Å². The maximum atomic E-state index is 5.89. The molecule has 0 unspecified atom stereocenters. The van der Waals surface area contributed by atoms with Gasteiger partial charge in [0.1, 0.15) is 0 Å². The van der Waals surface area contributed by atoms with Crippen molar-refractivity contribution < 1.29 is 4.52 Å². The van der Waals surface area contributed by atoms with E-state index in [0.29, 0.717) is 5.92 Å². The van der Waals surface area contributed by atoms with Gasteiger partial charge in [0.25, 0.3) is 0 Å². The molecule has 2 aromatic rings. The lowest BCUT2D eigenvalue weighted by Crippen LogP contribution is -2.32. The first-order valence-electron chi connectivity index (χ1n) is 6.54. The van der Waals surface area contributed by atoms with Crippen LogP contribution in [-0.2, 0) is 6.54 Å². The molecule has 0 atom stereocenters. The Morgan fingerprint density at radius 3 is 2.58 bits per heavy atom. The van der Waals surface area contributed by atoms with Crippen molar-refractivity contribution in [3.8, 4) is 0 Å². The summed E-state index contributed by atoms with van der Waals surface area (Å²) in [6, 6.07) is 8.08. The smallest absolute Gasteiger partial charge is 0.213 e. The Labute approximate surface area is 117 Å². The molecule has 4 nitrogen and oxygen atoms in total. The molecule has 0 aliphatic carbocycles. The van der Waals surface area contributed by atoms with Gasteiger partial charge in [-0.3, -0.25) is 4.90 Å². The standard InChI is InChI=1S/C14H16ClN3O/c15-13-3-1-11(2-4-13)9-18-7-5-12(6-8-18)14-16-10-19-17-14/h1-4,10,12H,5-9H2. The summed E-state index contributed by atoms with van der Waals surface area (Å²) in [6.45, 7) is 3.12. The van der Waals surface area contributed by atoms with Gasteiger partial charge in [0, 0.05) is 17.5 Å². The van der Waals surface area contributed by atoms with Gasteiger partial charge in [-0.15, -0.1) is 0 Å². The monoisotopic (exact) mass is 277 g/mol. The quantitative estimate of drug-likeness (QED) is 0.864. The number of benzene rings is 1. The Balaban J connectivity index is 1.54. The summed E-state index contributed by atoms with van der Waals surface area (Å²) in [5.41, 5.74) is 1.31. The fourth-order valence-corrected chi connectivity index (χ4v) is 2.68. The van der Waals surface area contributed by atoms with E-state index in [9.17, 15) is 0 Å². The van der Waals surface area contributed by atoms with E-state index in [1.54, 1.807) is 0 Å². The van der Waals surface area contributed by atoms with Gasteiger partial charge in [-0.05, 0) is 43.6 Å². The highest BCUT2D eigenvalue weighted by molar-refractivity contribution is 6.30. The summed E-state index contributed by atoms with van der Waals surface area (Å²) in [5.74, 6) is 1.30. The second-order valence-electron chi connectivity index (χ2n) is 4.97. The summed E-state index contributed by atoms with van der Waals surface area (Å²) in [5, 5.41) is 4.73. The van der Waals surface area contributed by atoms with E-state index >= 15 is 0 Å². The van der Waals surface area contributed by atoms with Gasteiger partial charge >= 0.3 is 0 Å². The third kappa shape index (κ3) is 3.14. The number of rotatable bonds is 3.